The summed E-state index contributed by atoms with van der Waals surface area (Å²) in [5, 5.41) is 2.68. The molecule has 1 unspecified atom stereocenters. The van der Waals surface area contributed by atoms with E-state index in [0.29, 0.717) is 0 Å². The van der Waals surface area contributed by atoms with Crippen molar-refractivity contribution in [3.8, 4) is 55.6 Å². The number of hydrogen-bond acceptors (Lipinski definition) is 2. The average Bonchev–Trinajstić information content (AvgIpc) is 4.00. The van der Waals surface area contributed by atoms with Gasteiger partial charge in [0.05, 0.1) is 5.41 Å². The molecule has 0 saturated heterocycles. The lowest BCUT2D eigenvalue weighted by Crippen LogP contribution is -2.25. The van der Waals surface area contributed by atoms with E-state index in [4.69, 9.17) is 0 Å². The van der Waals surface area contributed by atoms with Crippen LogP contribution in [-0.2, 0) is 5.41 Å². The van der Waals surface area contributed by atoms with Crippen LogP contribution >= 0.6 is 11.3 Å². The Kier molecular flexibility index (Phi) is 8.06. The SMILES string of the molecule is c1ccc(-c2ccc(N(c3ccc(-c4ccccc4)cc3)c3ccc(-c4cccc5c4-c4ccccc4C54c5ccccc5-c5c4ccc4c5sc5ccccc54)cc3)cc2)cc1. The summed E-state index contributed by atoms with van der Waals surface area (Å²) in [6.07, 6.45) is 0. The Morgan fingerprint density at radius 1 is 0.286 bits per heavy atom. The molecule has 2 heteroatoms. The van der Waals surface area contributed by atoms with Crippen LogP contribution in [-0.4, -0.2) is 0 Å². The highest BCUT2D eigenvalue weighted by molar-refractivity contribution is 7.26. The zero-order valence-corrected chi connectivity index (χ0v) is 35.2. The van der Waals surface area contributed by atoms with E-state index >= 15 is 0 Å². The van der Waals surface area contributed by atoms with Crippen LogP contribution in [0.5, 0.6) is 0 Å². The number of rotatable bonds is 6. The Morgan fingerprint density at radius 3 is 1.33 bits per heavy atom. The lowest BCUT2D eigenvalue weighted by Gasteiger charge is -2.30. The monoisotopic (exact) mass is 817 g/mol. The van der Waals surface area contributed by atoms with E-state index < -0.39 is 5.41 Å². The number of anilines is 3. The number of nitrogens with zero attached hydrogens (tertiary/aromatic N) is 1. The van der Waals surface area contributed by atoms with Crippen molar-refractivity contribution < 1.29 is 0 Å². The predicted molar refractivity (Wildman–Crippen MR) is 267 cm³/mol. The summed E-state index contributed by atoms with van der Waals surface area (Å²) in [6.45, 7) is 0. The van der Waals surface area contributed by atoms with Gasteiger partial charge in [0.2, 0.25) is 0 Å². The first-order valence-electron chi connectivity index (χ1n) is 21.8. The van der Waals surface area contributed by atoms with E-state index in [2.05, 4.69) is 241 Å². The summed E-state index contributed by atoms with van der Waals surface area (Å²) >= 11 is 1.93. The summed E-state index contributed by atoms with van der Waals surface area (Å²) in [6, 6.07) is 87.4. The first kappa shape index (κ1) is 35.9. The summed E-state index contributed by atoms with van der Waals surface area (Å²) in [7, 11) is 0. The van der Waals surface area contributed by atoms with Crippen LogP contribution in [0.2, 0.25) is 0 Å². The zero-order chi connectivity index (χ0) is 41.5. The van der Waals surface area contributed by atoms with Gasteiger partial charge in [-0.3, -0.25) is 0 Å². The van der Waals surface area contributed by atoms with Gasteiger partial charge in [0.1, 0.15) is 0 Å². The second-order valence-electron chi connectivity index (χ2n) is 16.7. The molecule has 0 fully saturated rings. The van der Waals surface area contributed by atoms with Crippen LogP contribution in [0.25, 0.3) is 75.8 Å². The van der Waals surface area contributed by atoms with Gasteiger partial charge in [-0.2, -0.15) is 0 Å². The molecule has 1 spiro atoms. The first-order valence-corrected chi connectivity index (χ1v) is 22.6. The van der Waals surface area contributed by atoms with Crippen molar-refractivity contribution in [3.63, 3.8) is 0 Å². The fourth-order valence-electron chi connectivity index (χ4n) is 10.8. The summed E-state index contributed by atoms with van der Waals surface area (Å²) in [5.74, 6) is 0. The van der Waals surface area contributed by atoms with Gasteiger partial charge < -0.3 is 4.90 Å². The molecular weight excluding hydrogens is 779 g/mol. The van der Waals surface area contributed by atoms with E-state index in [1.807, 2.05) is 11.3 Å². The van der Waals surface area contributed by atoms with Crippen molar-refractivity contribution in [1.82, 2.24) is 0 Å². The topological polar surface area (TPSA) is 3.24 Å². The van der Waals surface area contributed by atoms with Gasteiger partial charge in [-0.15, -0.1) is 11.3 Å². The molecule has 13 rings (SSSR count). The zero-order valence-electron chi connectivity index (χ0n) is 34.4. The standard InChI is InChI=1S/C61H39NS/c1-3-14-40(15-4-1)42-26-32-45(33-27-42)62(46-34-28-43(29-35-46)41-16-5-2-6-17-41)47-36-30-44(31-37-47)48-21-13-24-55-58(48)51-19-7-10-22-53(51)61(55)54-23-11-8-20-52(54)59-56(61)39-38-50-49-18-9-12-25-57(49)63-60(50)59/h1-39H. The van der Waals surface area contributed by atoms with Crippen LogP contribution in [0.1, 0.15) is 22.3 Å². The van der Waals surface area contributed by atoms with Gasteiger partial charge >= 0.3 is 0 Å². The molecule has 0 saturated carbocycles. The molecule has 10 aromatic carbocycles. The maximum Gasteiger partial charge on any atom is 0.0726 e. The normalized spacial score (nSPS) is 14.4. The second kappa shape index (κ2) is 14.1. The molecule has 0 amide bonds. The lowest BCUT2D eigenvalue weighted by atomic mass is 9.70. The molecule has 63 heavy (non-hydrogen) atoms. The maximum absolute atomic E-state index is 2.44. The third kappa shape index (κ3) is 5.35. The van der Waals surface area contributed by atoms with Crippen LogP contribution in [0.3, 0.4) is 0 Å². The van der Waals surface area contributed by atoms with Crippen molar-refractivity contribution in [2.75, 3.05) is 4.90 Å². The molecule has 0 aliphatic heterocycles. The molecule has 0 bridgehead atoms. The van der Waals surface area contributed by atoms with Crippen molar-refractivity contribution in [3.05, 3.63) is 259 Å². The quantitative estimate of drug-likeness (QED) is 0.162. The van der Waals surface area contributed by atoms with E-state index in [-0.39, 0.29) is 0 Å². The Hall–Kier alpha value is -7.78. The Bertz CT molecular complexity index is 3450. The molecule has 1 aromatic heterocycles. The number of fused-ring (bicyclic) bond motifs is 14. The van der Waals surface area contributed by atoms with Crippen molar-refractivity contribution in [2.45, 2.75) is 5.41 Å². The minimum Gasteiger partial charge on any atom is -0.311 e. The molecule has 2 aliphatic carbocycles. The van der Waals surface area contributed by atoms with E-state index in [1.165, 1.54) is 98.1 Å². The molecule has 294 valence electrons. The smallest absolute Gasteiger partial charge is 0.0726 e. The molecule has 1 nitrogen and oxygen atoms in total. The van der Waals surface area contributed by atoms with Crippen molar-refractivity contribution >= 4 is 48.6 Å². The van der Waals surface area contributed by atoms with E-state index in [9.17, 15) is 0 Å². The molecule has 1 atom stereocenters. The molecule has 0 N–H and O–H groups in total. The number of hydrogen-bond donors (Lipinski definition) is 0. The van der Waals surface area contributed by atoms with Crippen LogP contribution in [0, 0.1) is 0 Å². The third-order valence-corrected chi connectivity index (χ3v) is 14.7. The highest BCUT2D eigenvalue weighted by atomic mass is 32.1. The minimum absolute atomic E-state index is 0.424. The molecule has 2 aliphatic rings. The second-order valence-corrected chi connectivity index (χ2v) is 17.8. The Morgan fingerprint density at radius 2 is 0.730 bits per heavy atom. The predicted octanol–water partition coefficient (Wildman–Crippen LogP) is 16.9. The van der Waals surface area contributed by atoms with E-state index in [1.54, 1.807) is 0 Å². The van der Waals surface area contributed by atoms with Gasteiger partial charge in [-0.25, -0.2) is 0 Å². The highest BCUT2D eigenvalue weighted by Gasteiger charge is 2.52. The fourth-order valence-corrected chi connectivity index (χ4v) is 12.1. The molecule has 11 aromatic rings. The Balaban J connectivity index is 0.954. The first-order chi connectivity index (χ1) is 31.3. The molecule has 0 radical (unpaired) electrons. The summed E-state index contributed by atoms with van der Waals surface area (Å²) < 4.78 is 2.72. The molecular formula is C61H39NS. The highest BCUT2D eigenvalue weighted by Crippen LogP contribution is 2.65. The van der Waals surface area contributed by atoms with E-state index in [0.717, 1.165) is 17.1 Å². The lowest BCUT2D eigenvalue weighted by molar-refractivity contribution is 0.794. The van der Waals surface area contributed by atoms with Crippen LogP contribution in [0.15, 0.2) is 237 Å². The molecule has 1 heterocycles. The third-order valence-electron chi connectivity index (χ3n) is 13.5. The number of benzene rings is 10. The van der Waals surface area contributed by atoms with Gasteiger partial charge in [0.25, 0.3) is 0 Å². The van der Waals surface area contributed by atoms with Crippen LogP contribution in [0.4, 0.5) is 17.1 Å². The van der Waals surface area contributed by atoms with Crippen molar-refractivity contribution in [2.24, 2.45) is 0 Å². The fraction of sp³-hybridized carbons (Fsp3) is 0.0164. The largest absolute Gasteiger partial charge is 0.311 e. The van der Waals surface area contributed by atoms with Crippen molar-refractivity contribution in [1.29, 1.82) is 0 Å². The van der Waals surface area contributed by atoms with Gasteiger partial charge in [0, 0.05) is 42.8 Å². The number of thiophene rings is 1. The van der Waals surface area contributed by atoms with Gasteiger partial charge in [-0.1, -0.05) is 194 Å². The van der Waals surface area contributed by atoms with Crippen LogP contribution < -0.4 is 4.90 Å². The Labute approximate surface area is 371 Å². The summed E-state index contributed by atoms with van der Waals surface area (Å²) in [5.41, 5.74) is 21.0. The maximum atomic E-state index is 2.44. The average molecular weight is 818 g/mol. The van der Waals surface area contributed by atoms with Gasteiger partial charge in [-0.05, 0) is 115 Å². The minimum atomic E-state index is -0.424. The summed E-state index contributed by atoms with van der Waals surface area (Å²) in [4.78, 5) is 2.37. The van der Waals surface area contributed by atoms with Gasteiger partial charge in [0.15, 0.2) is 0 Å².